The van der Waals surface area contributed by atoms with Crippen LogP contribution in [0.25, 0.3) is 11.1 Å². The van der Waals surface area contributed by atoms with E-state index >= 15 is 0 Å². The summed E-state index contributed by atoms with van der Waals surface area (Å²) in [5, 5.41) is 5.73. The second-order valence-corrected chi connectivity index (χ2v) is 3.29. The lowest BCUT2D eigenvalue weighted by Gasteiger charge is -2.05. The number of anilines is 1. The van der Waals surface area contributed by atoms with Gasteiger partial charge in [0.1, 0.15) is 17.5 Å². The number of H-pyrrole nitrogens is 1. The third kappa shape index (κ3) is 1.55. The van der Waals surface area contributed by atoms with Gasteiger partial charge < -0.3 is 5.73 Å². The summed E-state index contributed by atoms with van der Waals surface area (Å²) in [5.41, 5.74) is 5.66. The summed E-state index contributed by atoms with van der Waals surface area (Å²) >= 11 is 5.65. The van der Waals surface area contributed by atoms with Gasteiger partial charge in [-0.05, 0) is 12.1 Å². The van der Waals surface area contributed by atoms with Crippen LogP contribution in [0.2, 0.25) is 5.02 Å². The molecule has 1 aromatic heterocycles. The molecule has 1 aromatic carbocycles. The van der Waals surface area contributed by atoms with E-state index in [1.165, 1.54) is 6.20 Å². The van der Waals surface area contributed by atoms with E-state index in [0.717, 1.165) is 12.1 Å². The van der Waals surface area contributed by atoms with Gasteiger partial charge in [0.25, 0.3) is 0 Å². The van der Waals surface area contributed by atoms with E-state index in [2.05, 4.69) is 10.2 Å². The van der Waals surface area contributed by atoms with Gasteiger partial charge in [-0.2, -0.15) is 5.10 Å². The van der Waals surface area contributed by atoms with Crippen LogP contribution >= 0.6 is 11.6 Å². The van der Waals surface area contributed by atoms with Gasteiger partial charge in [0.15, 0.2) is 0 Å². The standard InChI is InChI=1S/C9H6ClF2N3/c10-8-6(12)2-1-5(11)7(8)4-3-14-15-9(4)13/h1-3H,(H3,13,14,15). The summed E-state index contributed by atoms with van der Waals surface area (Å²) in [6.07, 6.45) is 1.29. The lowest BCUT2D eigenvalue weighted by molar-refractivity contribution is 0.603. The fourth-order valence-electron chi connectivity index (χ4n) is 1.27. The van der Waals surface area contributed by atoms with Crippen molar-refractivity contribution in [3.63, 3.8) is 0 Å². The molecule has 3 N–H and O–H groups in total. The van der Waals surface area contributed by atoms with E-state index in [1.807, 2.05) is 0 Å². The van der Waals surface area contributed by atoms with Crippen LogP contribution in [0.3, 0.4) is 0 Å². The van der Waals surface area contributed by atoms with Gasteiger partial charge >= 0.3 is 0 Å². The summed E-state index contributed by atoms with van der Waals surface area (Å²) in [5.74, 6) is -1.20. The molecular weight excluding hydrogens is 224 g/mol. The van der Waals surface area contributed by atoms with Gasteiger partial charge in [-0.15, -0.1) is 0 Å². The molecule has 0 atom stereocenters. The minimum Gasteiger partial charge on any atom is -0.384 e. The average molecular weight is 230 g/mol. The number of halogens is 3. The Balaban J connectivity index is 2.72. The molecule has 78 valence electrons. The van der Waals surface area contributed by atoms with Gasteiger partial charge in [-0.1, -0.05) is 11.6 Å². The third-order valence-electron chi connectivity index (χ3n) is 1.98. The highest BCUT2D eigenvalue weighted by Crippen LogP contribution is 2.34. The molecule has 0 aliphatic rings. The number of nitrogens with two attached hydrogens (primary N) is 1. The van der Waals surface area contributed by atoms with Crippen molar-refractivity contribution in [3.8, 4) is 11.1 Å². The quantitative estimate of drug-likeness (QED) is 0.739. The van der Waals surface area contributed by atoms with Crippen molar-refractivity contribution in [2.45, 2.75) is 0 Å². The van der Waals surface area contributed by atoms with E-state index in [4.69, 9.17) is 17.3 Å². The maximum atomic E-state index is 13.4. The first kappa shape index (κ1) is 9.92. The largest absolute Gasteiger partial charge is 0.384 e. The van der Waals surface area contributed by atoms with Crippen LogP contribution in [0.1, 0.15) is 0 Å². The summed E-state index contributed by atoms with van der Waals surface area (Å²) < 4.78 is 26.5. The summed E-state index contributed by atoms with van der Waals surface area (Å²) in [6.45, 7) is 0. The highest BCUT2D eigenvalue weighted by Gasteiger charge is 2.17. The van der Waals surface area contributed by atoms with Gasteiger partial charge in [0, 0.05) is 11.1 Å². The number of aromatic nitrogens is 2. The number of benzene rings is 1. The van der Waals surface area contributed by atoms with Gasteiger partial charge in [-0.25, -0.2) is 8.78 Å². The number of nitrogens with zero attached hydrogens (tertiary/aromatic N) is 1. The predicted molar refractivity (Wildman–Crippen MR) is 53.4 cm³/mol. The second kappa shape index (κ2) is 3.51. The average Bonchev–Trinajstić information content (AvgIpc) is 2.60. The van der Waals surface area contributed by atoms with Crippen molar-refractivity contribution in [1.82, 2.24) is 10.2 Å². The maximum Gasteiger partial charge on any atom is 0.142 e. The van der Waals surface area contributed by atoms with E-state index < -0.39 is 11.6 Å². The smallest absolute Gasteiger partial charge is 0.142 e. The number of rotatable bonds is 1. The van der Waals surface area contributed by atoms with E-state index in [9.17, 15) is 8.78 Å². The molecule has 0 spiro atoms. The zero-order chi connectivity index (χ0) is 11.0. The lowest BCUT2D eigenvalue weighted by atomic mass is 10.1. The summed E-state index contributed by atoms with van der Waals surface area (Å²) in [7, 11) is 0. The van der Waals surface area contributed by atoms with Crippen molar-refractivity contribution < 1.29 is 8.78 Å². The topological polar surface area (TPSA) is 54.7 Å². The monoisotopic (exact) mass is 229 g/mol. The maximum absolute atomic E-state index is 13.4. The first-order valence-electron chi connectivity index (χ1n) is 4.04. The van der Waals surface area contributed by atoms with E-state index in [0.29, 0.717) is 0 Å². The number of nitrogen functional groups attached to an aromatic ring is 1. The fraction of sp³-hybridized carbons (Fsp3) is 0. The molecule has 6 heteroatoms. The second-order valence-electron chi connectivity index (χ2n) is 2.92. The molecule has 2 rings (SSSR count). The number of aromatic amines is 1. The molecule has 0 amide bonds. The summed E-state index contributed by atoms with van der Waals surface area (Å²) in [6, 6.07) is 1.94. The van der Waals surface area contributed by atoms with E-state index in [-0.39, 0.29) is 22.0 Å². The van der Waals surface area contributed by atoms with Crippen molar-refractivity contribution in [3.05, 3.63) is 35.0 Å². The van der Waals surface area contributed by atoms with Crippen molar-refractivity contribution >= 4 is 17.4 Å². The molecule has 0 bridgehead atoms. The van der Waals surface area contributed by atoms with Crippen molar-refractivity contribution in [2.24, 2.45) is 0 Å². The predicted octanol–water partition coefficient (Wildman–Crippen LogP) is 2.59. The molecule has 0 radical (unpaired) electrons. The van der Waals surface area contributed by atoms with Crippen molar-refractivity contribution in [1.29, 1.82) is 0 Å². The third-order valence-corrected chi connectivity index (χ3v) is 2.35. The molecular formula is C9H6ClF2N3. The Morgan fingerprint density at radius 1 is 1.27 bits per heavy atom. The minimum atomic E-state index is -0.700. The van der Waals surface area contributed by atoms with Gasteiger partial charge in [0.05, 0.1) is 11.2 Å². The first-order valence-corrected chi connectivity index (χ1v) is 4.41. The normalized spacial score (nSPS) is 10.6. The molecule has 2 aromatic rings. The van der Waals surface area contributed by atoms with Crippen LogP contribution in [-0.2, 0) is 0 Å². The van der Waals surface area contributed by atoms with Crippen LogP contribution in [0.5, 0.6) is 0 Å². The molecule has 0 fully saturated rings. The lowest BCUT2D eigenvalue weighted by Crippen LogP contribution is -1.92. The molecule has 1 heterocycles. The van der Waals surface area contributed by atoms with Crippen LogP contribution in [0.15, 0.2) is 18.3 Å². The van der Waals surface area contributed by atoms with Crippen molar-refractivity contribution in [2.75, 3.05) is 5.73 Å². The van der Waals surface area contributed by atoms with Crippen LogP contribution in [-0.4, -0.2) is 10.2 Å². The van der Waals surface area contributed by atoms with Crippen LogP contribution in [0, 0.1) is 11.6 Å². The fourth-order valence-corrected chi connectivity index (χ4v) is 1.52. The SMILES string of the molecule is Nc1[nH]ncc1-c1c(F)ccc(F)c1Cl. The Labute approximate surface area is 88.9 Å². The highest BCUT2D eigenvalue weighted by molar-refractivity contribution is 6.33. The van der Waals surface area contributed by atoms with E-state index in [1.54, 1.807) is 0 Å². The molecule has 15 heavy (non-hydrogen) atoms. The Bertz CT molecular complexity index is 510. The zero-order valence-corrected chi connectivity index (χ0v) is 8.15. The van der Waals surface area contributed by atoms with Gasteiger partial charge in [-0.3, -0.25) is 5.10 Å². The first-order chi connectivity index (χ1) is 7.11. The number of hydrogen-bond acceptors (Lipinski definition) is 2. The highest BCUT2D eigenvalue weighted by atomic mass is 35.5. The number of nitrogens with one attached hydrogen (secondary N) is 1. The minimum absolute atomic E-state index is 0.0806. The summed E-state index contributed by atoms with van der Waals surface area (Å²) in [4.78, 5) is 0. The molecule has 0 unspecified atom stereocenters. The zero-order valence-electron chi connectivity index (χ0n) is 7.39. The molecule has 0 saturated heterocycles. The Morgan fingerprint density at radius 3 is 2.53 bits per heavy atom. The van der Waals surface area contributed by atoms with Gasteiger partial charge in [0.2, 0.25) is 0 Å². The van der Waals surface area contributed by atoms with Crippen LogP contribution in [0.4, 0.5) is 14.6 Å². The molecule has 0 aliphatic heterocycles. The Hall–Kier alpha value is -1.62. The Kier molecular flexibility index (Phi) is 2.32. The molecule has 3 nitrogen and oxygen atoms in total. The molecule has 0 saturated carbocycles. The van der Waals surface area contributed by atoms with Crippen LogP contribution < -0.4 is 5.73 Å². The number of hydrogen-bond donors (Lipinski definition) is 2. The molecule has 0 aliphatic carbocycles. The Morgan fingerprint density at radius 2 is 1.93 bits per heavy atom.